The van der Waals surface area contributed by atoms with Gasteiger partial charge in [0.05, 0.1) is 0 Å². The van der Waals surface area contributed by atoms with Crippen LogP contribution in [0, 0.1) is 13.8 Å². The first-order valence-electron chi connectivity index (χ1n) is 8.60. The zero-order valence-corrected chi connectivity index (χ0v) is 16.4. The third-order valence-corrected chi connectivity index (χ3v) is 3.60. The van der Waals surface area contributed by atoms with E-state index in [0.717, 1.165) is 11.1 Å². The van der Waals surface area contributed by atoms with Crippen LogP contribution in [0.5, 0.6) is 0 Å². The third kappa shape index (κ3) is 7.13. The van der Waals surface area contributed by atoms with Gasteiger partial charge in [-0.15, -0.1) is 0 Å². The SMILES string of the molecule is CNC(=O)[C@H](CCNC(=O)OC(C)(C)C)NC(=O)c1ccc(C)cc1C. The zero-order valence-electron chi connectivity index (χ0n) is 16.4. The highest BCUT2D eigenvalue weighted by Gasteiger charge is 2.22. The average molecular weight is 363 g/mol. The van der Waals surface area contributed by atoms with E-state index < -0.39 is 17.7 Å². The number of likely N-dealkylation sites (N-methyl/N-ethyl adjacent to an activating group) is 1. The highest BCUT2D eigenvalue weighted by atomic mass is 16.6. The van der Waals surface area contributed by atoms with Crippen LogP contribution in [0.2, 0.25) is 0 Å². The first kappa shape index (κ1) is 21.5. The van der Waals surface area contributed by atoms with Crippen LogP contribution in [-0.2, 0) is 9.53 Å². The number of rotatable bonds is 6. The summed E-state index contributed by atoms with van der Waals surface area (Å²) < 4.78 is 5.15. The molecule has 0 unspecified atom stereocenters. The number of amides is 3. The molecule has 0 fully saturated rings. The maximum atomic E-state index is 12.5. The quantitative estimate of drug-likeness (QED) is 0.721. The molecular weight excluding hydrogens is 334 g/mol. The lowest BCUT2D eigenvalue weighted by Crippen LogP contribution is -2.47. The van der Waals surface area contributed by atoms with Gasteiger partial charge in [-0.2, -0.15) is 0 Å². The van der Waals surface area contributed by atoms with Crippen LogP contribution >= 0.6 is 0 Å². The van der Waals surface area contributed by atoms with Crippen molar-refractivity contribution in [3.05, 3.63) is 34.9 Å². The fourth-order valence-electron chi connectivity index (χ4n) is 2.38. The number of carbonyl (C=O) groups is 3. The second-order valence-corrected chi connectivity index (χ2v) is 7.18. The normalized spacial score (nSPS) is 12.1. The van der Waals surface area contributed by atoms with Crippen LogP contribution in [0.4, 0.5) is 4.79 Å². The summed E-state index contributed by atoms with van der Waals surface area (Å²) >= 11 is 0. The number of nitrogens with one attached hydrogen (secondary N) is 3. The minimum atomic E-state index is -0.761. The summed E-state index contributed by atoms with van der Waals surface area (Å²) in [5.41, 5.74) is 1.82. The lowest BCUT2D eigenvalue weighted by atomic mass is 10.0. The summed E-state index contributed by atoms with van der Waals surface area (Å²) in [6, 6.07) is 4.73. The molecule has 0 aliphatic rings. The lowest BCUT2D eigenvalue weighted by molar-refractivity contribution is -0.122. The minimum absolute atomic E-state index is 0.195. The summed E-state index contributed by atoms with van der Waals surface area (Å²) in [5.74, 6) is -0.650. The van der Waals surface area contributed by atoms with Gasteiger partial charge in [0.2, 0.25) is 5.91 Å². The van der Waals surface area contributed by atoms with E-state index in [0.29, 0.717) is 5.56 Å². The topological polar surface area (TPSA) is 96.5 Å². The van der Waals surface area contributed by atoms with E-state index in [-0.39, 0.29) is 24.8 Å². The minimum Gasteiger partial charge on any atom is -0.444 e. The molecule has 1 rings (SSSR count). The molecule has 0 spiro atoms. The Labute approximate surface area is 154 Å². The Bertz CT molecular complexity index is 665. The van der Waals surface area contributed by atoms with Crippen molar-refractivity contribution in [2.24, 2.45) is 0 Å². The molecular formula is C19H29N3O4. The van der Waals surface area contributed by atoms with Gasteiger partial charge in [-0.1, -0.05) is 17.7 Å². The van der Waals surface area contributed by atoms with Crippen LogP contribution in [0.1, 0.15) is 48.7 Å². The van der Waals surface area contributed by atoms with E-state index in [4.69, 9.17) is 4.74 Å². The van der Waals surface area contributed by atoms with Gasteiger partial charge in [0, 0.05) is 19.2 Å². The number of aryl methyl sites for hydroxylation is 2. The van der Waals surface area contributed by atoms with Gasteiger partial charge in [-0.3, -0.25) is 9.59 Å². The molecule has 26 heavy (non-hydrogen) atoms. The Morgan fingerprint density at radius 3 is 2.35 bits per heavy atom. The first-order chi connectivity index (χ1) is 12.0. The van der Waals surface area contributed by atoms with E-state index in [9.17, 15) is 14.4 Å². The van der Waals surface area contributed by atoms with Gasteiger partial charge in [0.1, 0.15) is 11.6 Å². The van der Waals surface area contributed by atoms with Gasteiger partial charge in [-0.05, 0) is 52.7 Å². The van der Waals surface area contributed by atoms with Gasteiger partial charge in [-0.25, -0.2) is 4.79 Å². The lowest BCUT2D eigenvalue weighted by Gasteiger charge is -2.21. The van der Waals surface area contributed by atoms with E-state index >= 15 is 0 Å². The van der Waals surface area contributed by atoms with Crippen LogP contribution in [0.3, 0.4) is 0 Å². The molecule has 7 nitrogen and oxygen atoms in total. The number of alkyl carbamates (subject to hydrolysis) is 1. The number of hydrogen-bond acceptors (Lipinski definition) is 4. The third-order valence-electron chi connectivity index (χ3n) is 3.60. The van der Waals surface area contributed by atoms with Crippen LogP contribution in [0.25, 0.3) is 0 Å². The highest BCUT2D eigenvalue weighted by molar-refractivity contribution is 5.98. The van der Waals surface area contributed by atoms with Crippen molar-refractivity contribution in [1.82, 2.24) is 16.0 Å². The molecule has 1 aromatic carbocycles. The van der Waals surface area contributed by atoms with E-state index in [1.165, 1.54) is 7.05 Å². The monoisotopic (exact) mass is 363 g/mol. The number of benzene rings is 1. The van der Waals surface area contributed by atoms with Crippen molar-refractivity contribution >= 4 is 17.9 Å². The van der Waals surface area contributed by atoms with Crippen molar-refractivity contribution < 1.29 is 19.1 Å². The number of ether oxygens (including phenoxy) is 1. The molecule has 0 saturated carbocycles. The molecule has 7 heteroatoms. The Kier molecular flexibility index (Phi) is 7.61. The van der Waals surface area contributed by atoms with Gasteiger partial charge in [0.25, 0.3) is 5.91 Å². The second kappa shape index (κ2) is 9.22. The molecule has 0 aliphatic heterocycles. The highest BCUT2D eigenvalue weighted by Crippen LogP contribution is 2.11. The Morgan fingerprint density at radius 2 is 1.81 bits per heavy atom. The zero-order chi connectivity index (χ0) is 19.9. The van der Waals surface area contributed by atoms with Crippen molar-refractivity contribution in [3.63, 3.8) is 0 Å². The molecule has 0 saturated heterocycles. The average Bonchev–Trinajstić information content (AvgIpc) is 2.51. The van der Waals surface area contributed by atoms with E-state index in [1.54, 1.807) is 26.8 Å². The predicted molar refractivity (Wildman–Crippen MR) is 100 cm³/mol. The standard InChI is InChI=1S/C19H29N3O4/c1-12-7-8-14(13(2)11-12)16(23)22-15(17(24)20-6)9-10-21-18(25)26-19(3,4)5/h7-8,11,15H,9-10H2,1-6H3,(H,20,24)(H,21,25)(H,22,23)/t15-/m0/s1. The predicted octanol–water partition coefficient (Wildman–Crippen LogP) is 2.06. The maximum absolute atomic E-state index is 12.5. The van der Waals surface area contributed by atoms with Crippen LogP contribution < -0.4 is 16.0 Å². The second-order valence-electron chi connectivity index (χ2n) is 7.18. The van der Waals surface area contributed by atoms with Crippen molar-refractivity contribution in [2.45, 2.75) is 52.7 Å². The molecule has 0 heterocycles. The molecule has 1 atom stereocenters. The Morgan fingerprint density at radius 1 is 1.15 bits per heavy atom. The van der Waals surface area contributed by atoms with Crippen molar-refractivity contribution in [1.29, 1.82) is 0 Å². The summed E-state index contributed by atoms with van der Waals surface area (Å²) in [6.45, 7) is 9.30. The molecule has 3 N–H and O–H groups in total. The first-order valence-corrected chi connectivity index (χ1v) is 8.60. The number of hydrogen-bond donors (Lipinski definition) is 3. The van der Waals surface area contributed by atoms with Gasteiger partial charge >= 0.3 is 6.09 Å². The van der Waals surface area contributed by atoms with E-state index in [1.807, 2.05) is 26.0 Å². The van der Waals surface area contributed by atoms with E-state index in [2.05, 4.69) is 16.0 Å². The van der Waals surface area contributed by atoms with Crippen LogP contribution in [0.15, 0.2) is 18.2 Å². The Hall–Kier alpha value is -2.57. The molecule has 1 aromatic rings. The maximum Gasteiger partial charge on any atom is 0.407 e. The molecule has 0 aliphatic carbocycles. The van der Waals surface area contributed by atoms with Gasteiger partial charge < -0.3 is 20.7 Å². The smallest absolute Gasteiger partial charge is 0.407 e. The summed E-state index contributed by atoms with van der Waals surface area (Å²) in [5, 5.41) is 7.84. The molecule has 0 radical (unpaired) electrons. The summed E-state index contributed by atoms with van der Waals surface area (Å²) in [6.07, 6.45) is -0.316. The largest absolute Gasteiger partial charge is 0.444 e. The van der Waals surface area contributed by atoms with Crippen molar-refractivity contribution in [2.75, 3.05) is 13.6 Å². The van der Waals surface area contributed by atoms with Crippen molar-refractivity contribution in [3.8, 4) is 0 Å². The Balaban J connectivity index is 2.68. The molecule has 3 amide bonds. The van der Waals surface area contributed by atoms with Crippen LogP contribution in [-0.4, -0.2) is 43.1 Å². The fraction of sp³-hybridized carbons (Fsp3) is 0.526. The van der Waals surface area contributed by atoms with Gasteiger partial charge in [0.15, 0.2) is 0 Å². The molecule has 0 bridgehead atoms. The fourth-order valence-corrected chi connectivity index (χ4v) is 2.38. The molecule has 144 valence electrons. The number of carbonyl (C=O) groups excluding carboxylic acids is 3. The molecule has 0 aromatic heterocycles. The summed E-state index contributed by atoms with van der Waals surface area (Å²) in [7, 11) is 1.50. The summed E-state index contributed by atoms with van der Waals surface area (Å²) in [4.78, 5) is 36.2.